The molecular weight excluding hydrogens is 396 g/mol. The summed E-state index contributed by atoms with van der Waals surface area (Å²) in [5, 5.41) is 5.69. The molecule has 0 spiro atoms. The normalized spacial score (nSPS) is 15.7. The molecule has 0 saturated heterocycles. The third-order valence-corrected chi connectivity index (χ3v) is 5.31. The first-order chi connectivity index (χ1) is 14.8. The lowest BCUT2D eigenvalue weighted by Gasteiger charge is -2.35. The van der Waals surface area contributed by atoms with Crippen LogP contribution in [0.4, 0.5) is 16.2 Å². The number of fused-ring (bicyclic) bond motifs is 1. The van der Waals surface area contributed by atoms with Crippen molar-refractivity contribution < 1.29 is 19.1 Å². The number of nitrogens with one attached hydrogen (secondary N) is 2. The average molecular weight is 425 g/mol. The van der Waals surface area contributed by atoms with E-state index in [4.69, 9.17) is 10.5 Å². The van der Waals surface area contributed by atoms with Crippen molar-refractivity contribution >= 4 is 29.3 Å². The van der Waals surface area contributed by atoms with Gasteiger partial charge in [-0.2, -0.15) is 0 Å². The lowest BCUT2D eigenvalue weighted by Crippen LogP contribution is -2.52. The number of hydrogen-bond acceptors (Lipinski definition) is 5. The molecule has 4 N–H and O–H groups in total. The van der Waals surface area contributed by atoms with Crippen molar-refractivity contribution in [2.24, 2.45) is 11.1 Å². The van der Waals surface area contributed by atoms with E-state index in [0.29, 0.717) is 36.4 Å². The Balaban J connectivity index is 1.88. The van der Waals surface area contributed by atoms with Crippen molar-refractivity contribution in [2.45, 2.75) is 26.3 Å². The van der Waals surface area contributed by atoms with Crippen molar-refractivity contribution in [3.63, 3.8) is 0 Å². The van der Waals surface area contributed by atoms with Crippen LogP contribution >= 0.6 is 0 Å². The van der Waals surface area contributed by atoms with E-state index in [1.165, 1.54) is 12.0 Å². The van der Waals surface area contributed by atoms with Crippen LogP contribution in [0.15, 0.2) is 48.5 Å². The molecule has 3 amide bonds. The van der Waals surface area contributed by atoms with Crippen LogP contribution in [0.1, 0.15) is 29.8 Å². The van der Waals surface area contributed by atoms with E-state index in [1.807, 2.05) is 44.2 Å². The van der Waals surface area contributed by atoms with Crippen molar-refractivity contribution in [2.75, 3.05) is 30.4 Å². The van der Waals surface area contributed by atoms with E-state index in [1.54, 1.807) is 18.2 Å². The van der Waals surface area contributed by atoms with Gasteiger partial charge in [0.05, 0.1) is 18.5 Å². The van der Waals surface area contributed by atoms with Crippen LogP contribution in [-0.4, -0.2) is 44.1 Å². The second-order valence-corrected chi connectivity index (χ2v) is 8.32. The quantitative estimate of drug-likeness (QED) is 0.659. The molecule has 2 aromatic rings. The Morgan fingerprint density at radius 3 is 2.55 bits per heavy atom. The molecule has 1 unspecified atom stereocenters. The van der Waals surface area contributed by atoms with Crippen LogP contribution < -0.4 is 21.3 Å². The summed E-state index contributed by atoms with van der Waals surface area (Å²) in [5.74, 6) is -0.627. The van der Waals surface area contributed by atoms with Crippen LogP contribution in [0.2, 0.25) is 0 Å². The van der Waals surface area contributed by atoms with Crippen molar-refractivity contribution in [1.82, 2.24) is 5.32 Å². The fourth-order valence-electron chi connectivity index (χ4n) is 3.33. The van der Waals surface area contributed by atoms with Gasteiger partial charge in [0.15, 0.2) is 0 Å². The predicted molar refractivity (Wildman–Crippen MR) is 119 cm³/mol. The Kier molecular flexibility index (Phi) is 6.60. The zero-order valence-electron chi connectivity index (χ0n) is 18.0. The number of benzene rings is 2. The number of anilines is 2. The van der Waals surface area contributed by atoms with Crippen molar-refractivity contribution in [3.05, 3.63) is 59.7 Å². The van der Waals surface area contributed by atoms with E-state index >= 15 is 0 Å². The number of carbonyl (C=O) groups excluding carboxylic acids is 3. The van der Waals surface area contributed by atoms with Crippen LogP contribution in [0.25, 0.3) is 0 Å². The van der Waals surface area contributed by atoms with Gasteiger partial charge in [-0.15, -0.1) is 0 Å². The summed E-state index contributed by atoms with van der Waals surface area (Å²) >= 11 is 0. The number of carbonyl (C=O) groups is 3. The Morgan fingerprint density at radius 1 is 1.19 bits per heavy atom. The molecule has 0 fully saturated rings. The molecule has 31 heavy (non-hydrogen) atoms. The number of methoxy groups -OCH3 is 1. The molecule has 3 rings (SSSR count). The average Bonchev–Trinajstić information content (AvgIpc) is 2.78. The third kappa shape index (κ3) is 5.03. The second kappa shape index (κ2) is 9.18. The van der Waals surface area contributed by atoms with Gasteiger partial charge < -0.3 is 21.1 Å². The molecule has 1 aliphatic heterocycles. The Labute approximate surface area is 181 Å². The molecule has 0 saturated carbocycles. The molecule has 8 heteroatoms. The fraction of sp³-hybridized carbons (Fsp3) is 0.348. The molecule has 2 aromatic carbocycles. The van der Waals surface area contributed by atoms with Gasteiger partial charge >= 0.3 is 6.09 Å². The standard InChI is InChI=1S/C23H28N4O4/c1-23(2,13-24)14-25-20(28)16-9-10-18-17(12-16)26-21(29)19(27(18)22(30)31-3)11-15-7-5-4-6-8-15/h4-10,12,19H,11,13-14,24H2,1-3H3,(H,25,28)(H,26,29). The Morgan fingerprint density at radius 2 is 1.90 bits per heavy atom. The first kappa shape index (κ1) is 22.3. The maximum Gasteiger partial charge on any atom is 0.414 e. The molecule has 0 aromatic heterocycles. The monoisotopic (exact) mass is 424 g/mol. The van der Waals surface area contributed by atoms with Gasteiger partial charge in [0.2, 0.25) is 5.91 Å². The van der Waals surface area contributed by atoms with Crippen LogP contribution in [-0.2, 0) is 16.0 Å². The number of rotatable bonds is 6. The first-order valence-electron chi connectivity index (χ1n) is 10.1. The van der Waals surface area contributed by atoms with Gasteiger partial charge in [0.1, 0.15) is 6.04 Å². The summed E-state index contributed by atoms with van der Waals surface area (Å²) in [5.41, 5.74) is 7.63. The smallest absolute Gasteiger partial charge is 0.414 e. The Hall–Kier alpha value is -3.39. The van der Waals surface area contributed by atoms with Gasteiger partial charge in [-0.3, -0.25) is 14.5 Å². The van der Waals surface area contributed by atoms with E-state index in [2.05, 4.69) is 10.6 Å². The summed E-state index contributed by atoms with van der Waals surface area (Å²) in [6, 6.07) is 13.5. The van der Waals surface area contributed by atoms with Gasteiger partial charge in [-0.1, -0.05) is 44.2 Å². The number of nitrogens with two attached hydrogens (primary N) is 1. The summed E-state index contributed by atoms with van der Waals surface area (Å²) in [4.78, 5) is 39.4. The molecule has 0 bridgehead atoms. The molecule has 1 atom stereocenters. The van der Waals surface area contributed by atoms with Gasteiger partial charge in [0, 0.05) is 18.5 Å². The maximum absolute atomic E-state index is 12.9. The summed E-state index contributed by atoms with van der Waals surface area (Å²) in [6.07, 6.45) is -0.309. The SMILES string of the molecule is COC(=O)N1c2ccc(C(=O)NCC(C)(C)CN)cc2NC(=O)C1Cc1ccccc1. The van der Waals surface area contributed by atoms with Gasteiger partial charge in [-0.05, 0) is 35.7 Å². The van der Waals surface area contributed by atoms with Gasteiger partial charge in [-0.25, -0.2) is 4.79 Å². The molecule has 1 heterocycles. The number of amides is 3. The highest BCUT2D eigenvalue weighted by atomic mass is 16.5. The van der Waals surface area contributed by atoms with E-state index < -0.39 is 12.1 Å². The summed E-state index contributed by atoms with van der Waals surface area (Å²) < 4.78 is 4.94. The third-order valence-electron chi connectivity index (χ3n) is 5.31. The van der Waals surface area contributed by atoms with E-state index in [9.17, 15) is 14.4 Å². The van der Waals surface area contributed by atoms with Gasteiger partial charge in [0.25, 0.3) is 5.91 Å². The Bertz CT molecular complexity index is 975. The molecule has 0 aliphatic carbocycles. The zero-order chi connectivity index (χ0) is 22.6. The lowest BCUT2D eigenvalue weighted by atomic mass is 9.94. The highest BCUT2D eigenvalue weighted by Gasteiger charge is 2.38. The second-order valence-electron chi connectivity index (χ2n) is 8.32. The predicted octanol–water partition coefficient (Wildman–Crippen LogP) is 2.54. The highest BCUT2D eigenvalue weighted by Crippen LogP contribution is 2.34. The fourth-order valence-corrected chi connectivity index (χ4v) is 3.33. The molecular formula is C23H28N4O4. The lowest BCUT2D eigenvalue weighted by molar-refractivity contribution is -0.117. The minimum absolute atomic E-state index is 0.232. The summed E-state index contributed by atoms with van der Waals surface area (Å²) in [7, 11) is 1.27. The summed E-state index contributed by atoms with van der Waals surface area (Å²) in [6.45, 7) is 4.77. The minimum atomic E-state index is -0.771. The van der Waals surface area contributed by atoms with Crippen molar-refractivity contribution in [1.29, 1.82) is 0 Å². The van der Waals surface area contributed by atoms with E-state index in [-0.39, 0.29) is 17.2 Å². The molecule has 164 valence electrons. The van der Waals surface area contributed by atoms with Crippen molar-refractivity contribution in [3.8, 4) is 0 Å². The molecule has 1 aliphatic rings. The molecule has 0 radical (unpaired) electrons. The first-order valence-corrected chi connectivity index (χ1v) is 10.1. The zero-order valence-corrected chi connectivity index (χ0v) is 18.0. The largest absolute Gasteiger partial charge is 0.452 e. The number of ether oxygens (including phenoxy) is 1. The van der Waals surface area contributed by atoms with Crippen LogP contribution in [0.5, 0.6) is 0 Å². The topological polar surface area (TPSA) is 114 Å². The molecule has 8 nitrogen and oxygen atoms in total. The highest BCUT2D eigenvalue weighted by molar-refractivity contribution is 6.11. The number of hydrogen-bond donors (Lipinski definition) is 3. The maximum atomic E-state index is 12.9. The minimum Gasteiger partial charge on any atom is -0.452 e. The number of nitrogens with zero attached hydrogens (tertiary/aromatic N) is 1. The van der Waals surface area contributed by atoms with Crippen LogP contribution in [0.3, 0.4) is 0 Å². The van der Waals surface area contributed by atoms with E-state index in [0.717, 1.165) is 5.56 Å². The van der Waals surface area contributed by atoms with Crippen LogP contribution in [0, 0.1) is 5.41 Å².